The first-order chi connectivity index (χ1) is 27.8. The highest BCUT2D eigenvalue weighted by molar-refractivity contribution is 6.17. The van der Waals surface area contributed by atoms with Gasteiger partial charge in [0, 0.05) is 32.9 Å². The molecule has 0 aliphatic carbocycles. The molecule has 0 unspecified atom stereocenters. The predicted molar refractivity (Wildman–Crippen MR) is 237 cm³/mol. The molecular weight excluding hydrogens is 677 g/mol. The molecule has 262 valence electrons. The number of benzene rings is 9. The van der Waals surface area contributed by atoms with Crippen molar-refractivity contribution in [1.29, 1.82) is 0 Å². The second-order valence-electron chi connectivity index (χ2n) is 14.5. The molecule has 0 N–H and O–H groups in total. The van der Waals surface area contributed by atoms with Crippen LogP contribution in [0.4, 0.5) is 0 Å². The summed E-state index contributed by atoms with van der Waals surface area (Å²) in [6, 6.07) is 79.3. The lowest BCUT2D eigenvalue weighted by atomic mass is 9.98. The van der Waals surface area contributed by atoms with E-state index in [1.165, 1.54) is 88.1 Å². The molecule has 0 bridgehead atoms. The zero-order valence-corrected chi connectivity index (χ0v) is 30.7. The van der Waals surface area contributed by atoms with Gasteiger partial charge in [-0.15, -0.1) is 0 Å². The molecule has 56 heavy (non-hydrogen) atoms. The van der Waals surface area contributed by atoms with E-state index < -0.39 is 0 Å². The summed E-state index contributed by atoms with van der Waals surface area (Å²) < 4.78 is 4.84. The first-order valence-electron chi connectivity index (χ1n) is 19.3. The van der Waals surface area contributed by atoms with Gasteiger partial charge >= 0.3 is 0 Å². The Morgan fingerprint density at radius 1 is 0.232 bits per heavy atom. The third-order valence-corrected chi connectivity index (χ3v) is 11.3. The van der Waals surface area contributed by atoms with Crippen LogP contribution in [0, 0.1) is 0 Å². The first kappa shape index (κ1) is 32.0. The number of fused-ring (bicyclic) bond motifs is 6. The third kappa shape index (κ3) is 5.26. The van der Waals surface area contributed by atoms with Crippen molar-refractivity contribution in [1.82, 2.24) is 9.13 Å². The van der Waals surface area contributed by atoms with Crippen molar-refractivity contribution in [2.75, 3.05) is 0 Å². The standard InChI is InChI=1S/C54H36N2/c1-3-14-37(15-4-1)39-28-30-40(31-29-39)42-19-12-20-44(35-42)55-50-25-9-7-22-47(50)49-36-43(32-33-52(49)55)46-24-13-27-53-54(46)48-23-8-10-26-51(48)56(53)45-21-11-18-41(34-45)38-16-5-2-6-17-38/h1-36H. The minimum atomic E-state index is 1.15. The molecule has 0 spiro atoms. The molecule has 0 saturated carbocycles. The van der Waals surface area contributed by atoms with E-state index in [0.29, 0.717) is 0 Å². The summed E-state index contributed by atoms with van der Waals surface area (Å²) >= 11 is 0. The highest BCUT2D eigenvalue weighted by atomic mass is 15.0. The molecule has 0 aliphatic heterocycles. The number of aromatic nitrogens is 2. The normalized spacial score (nSPS) is 11.6. The van der Waals surface area contributed by atoms with E-state index in [9.17, 15) is 0 Å². The molecule has 2 nitrogen and oxygen atoms in total. The topological polar surface area (TPSA) is 9.86 Å². The lowest BCUT2D eigenvalue weighted by molar-refractivity contribution is 1.18. The molecule has 0 fully saturated rings. The van der Waals surface area contributed by atoms with Gasteiger partial charge in [0.05, 0.1) is 22.1 Å². The summed E-state index contributed by atoms with van der Waals surface area (Å²) in [7, 11) is 0. The van der Waals surface area contributed by atoms with Crippen LogP contribution in [0.1, 0.15) is 0 Å². The van der Waals surface area contributed by atoms with Gasteiger partial charge < -0.3 is 9.13 Å². The van der Waals surface area contributed by atoms with Crippen LogP contribution in [0.2, 0.25) is 0 Å². The van der Waals surface area contributed by atoms with Crippen molar-refractivity contribution in [2.24, 2.45) is 0 Å². The van der Waals surface area contributed by atoms with Crippen LogP contribution in [-0.2, 0) is 0 Å². The Kier molecular flexibility index (Phi) is 7.53. The molecule has 0 atom stereocenters. The second kappa shape index (κ2) is 13.2. The summed E-state index contributed by atoms with van der Waals surface area (Å²) in [6.07, 6.45) is 0. The number of hydrogen-bond donors (Lipinski definition) is 0. The second-order valence-corrected chi connectivity index (χ2v) is 14.5. The molecule has 11 aromatic rings. The Morgan fingerprint density at radius 2 is 0.661 bits per heavy atom. The summed E-state index contributed by atoms with van der Waals surface area (Å²) in [5, 5.41) is 5.00. The molecule has 2 heteroatoms. The minimum Gasteiger partial charge on any atom is -0.309 e. The van der Waals surface area contributed by atoms with Gasteiger partial charge in [-0.3, -0.25) is 0 Å². The van der Waals surface area contributed by atoms with Gasteiger partial charge in [-0.05, 0) is 99.1 Å². The van der Waals surface area contributed by atoms with E-state index in [1.807, 2.05) is 0 Å². The van der Waals surface area contributed by atoms with Crippen molar-refractivity contribution in [3.63, 3.8) is 0 Å². The van der Waals surface area contributed by atoms with E-state index in [1.54, 1.807) is 0 Å². The smallest absolute Gasteiger partial charge is 0.0547 e. The van der Waals surface area contributed by atoms with Crippen LogP contribution >= 0.6 is 0 Å². The summed E-state index contributed by atoms with van der Waals surface area (Å²) in [5.41, 5.74) is 16.8. The quantitative estimate of drug-likeness (QED) is 0.162. The van der Waals surface area contributed by atoms with Crippen LogP contribution in [0.3, 0.4) is 0 Å². The van der Waals surface area contributed by atoms with Gasteiger partial charge in [0.15, 0.2) is 0 Å². The van der Waals surface area contributed by atoms with Crippen molar-refractivity contribution in [3.05, 3.63) is 218 Å². The first-order valence-corrected chi connectivity index (χ1v) is 19.3. The number of rotatable bonds is 6. The van der Waals surface area contributed by atoms with E-state index >= 15 is 0 Å². The van der Waals surface area contributed by atoms with E-state index in [0.717, 1.165) is 11.4 Å². The SMILES string of the molecule is c1ccc(-c2ccc(-c3cccc(-n4c5ccccc5c5cc(-c6cccc7c6c6ccccc6n7-c6cccc(-c7ccccc7)c6)ccc54)c3)cc2)cc1. The van der Waals surface area contributed by atoms with Crippen molar-refractivity contribution >= 4 is 43.6 Å². The number of para-hydroxylation sites is 2. The summed E-state index contributed by atoms with van der Waals surface area (Å²) in [5.74, 6) is 0. The van der Waals surface area contributed by atoms with Crippen LogP contribution in [0.15, 0.2) is 218 Å². The Labute approximate surface area is 325 Å². The largest absolute Gasteiger partial charge is 0.309 e. The van der Waals surface area contributed by atoms with Crippen LogP contribution in [0.5, 0.6) is 0 Å². The van der Waals surface area contributed by atoms with Gasteiger partial charge in [0.2, 0.25) is 0 Å². The molecular formula is C54H36N2. The fraction of sp³-hybridized carbons (Fsp3) is 0. The maximum absolute atomic E-state index is 2.42. The maximum Gasteiger partial charge on any atom is 0.0547 e. The number of hydrogen-bond acceptors (Lipinski definition) is 0. The number of nitrogens with zero attached hydrogens (tertiary/aromatic N) is 2. The molecule has 9 aromatic carbocycles. The maximum atomic E-state index is 2.42. The molecule has 0 saturated heterocycles. The van der Waals surface area contributed by atoms with Gasteiger partial charge in [-0.25, -0.2) is 0 Å². The summed E-state index contributed by atoms with van der Waals surface area (Å²) in [6.45, 7) is 0. The van der Waals surface area contributed by atoms with E-state index in [4.69, 9.17) is 0 Å². The average Bonchev–Trinajstić information content (AvgIpc) is 3.80. The molecule has 2 heterocycles. The fourth-order valence-electron chi connectivity index (χ4n) is 8.72. The third-order valence-electron chi connectivity index (χ3n) is 11.3. The monoisotopic (exact) mass is 712 g/mol. The zero-order chi connectivity index (χ0) is 37.0. The van der Waals surface area contributed by atoms with E-state index in [2.05, 4.69) is 228 Å². The van der Waals surface area contributed by atoms with Gasteiger partial charge in [-0.1, -0.05) is 164 Å². The zero-order valence-electron chi connectivity index (χ0n) is 30.7. The average molecular weight is 713 g/mol. The Morgan fingerprint density at radius 3 is 1.32 bits per heavy atom. The van der Waals surface area contributed by atoms with Crippen molar-refractivity contribution in [3.8, 4) is 55.9 Å². The highest BCUT2D eigenvalue weighted by Crippen LogP contribution is 2.41. The lowest BCUT2D eigenvalue weighted by Gasteiger charge is -2.12. The molecule has 0 aliphatic rings. The fourth-order valence-corrected chi connectivity index (χ4v) is 8.72. The molecule has 0 amide bonds. The lowest BCUT2D eigenvalue weighted by Crippen LogP contribution is -1.94. The van der Waals surface area contributed by atoms with Crippen LogP contribution in [-0.4, -0.2) is 9.13 Å². The Hall–Kier alpha value is -7.42. The molecule has 11 rings (SSSR count). The Bertz CT molecular complexity index is 3220. The molecule has 2 aromatic heterocycles. The van der Waals surface area contributed by atoms with Gasteiger partial charge in [0.25, 0.3) is 0 Å². The predicted octanol–water partition coefficient (Wildman–Crippen LogP) is 14.5. The minimum absolute atomic E-state index is 1.15. The van der Waals surface area contributed by atoms with Crippen LogP contribution < -0.4 is 0 Å². The van der Waals surface area contributed by atoms with Crippen LogP contribution in [0.25, 0.3) is 99.5 Å². The highest BCUT2D eigenvalue weighted by Gasteiger charge is 2.19. The summed E-state index contributed by atoms with van der Waals surface area (Å²) in [4.78, 5) is 0. The van der Waals surface area contributed by atoms with Gasteiger partial charge in [0.1, 0.15) is 0 Å². The van der Waals surface area contributed by atoms with Crippen molar-refractivity contribution in [2.45, 2.75) is 0 Å². The van der Waals surface area contributed by atoms with Crippen molar-refractivity contribution < 1.29 is 0 Å². The molecule has 0 radical (unpaired) electrons. The Balaban J connectivity index is 1.05. The van der Waals surface area contributed by atoms with Gasteiger partial charge in [-0.2, -0.15) is 0 Å². The van der Waals surface area contributed by atoms with E-state index in [-0.39, 0.29) is 0 Å².